The van der Waals surface area contributed by atoms with Gasteiger partial charge in [0.25, 0.3) is 0 Å². The summed E-state index contributed by atoms with van der Waals surface area (Å²) in [7, 11) is 0. The number of ketones is 1. The molecule has 0 bridgehead atoms. The molecule has 0 aromatic carbocycles. The van der Waals surface area contributed by atoms with Crippen LogP contribution in [0.5, 0.6) is 0 Å². The molecule has 0 N–H and O–H groups in total. The zero-order valence-electron chi connectivity index (χ0n) is 21.8. The van der Waals surface area contributed by atoms with Gasteiger partial charge in [-0.05, 0) is 116 Å². The van der Waals surface area contributed by atoms with Crippen LogP contribution in [0.2, 0.25) is 0 Å². The van der Waals surface area contributed by atoms with E-state index in [4.69, 9.17) is 0 Å². The first-order valence-corrected chi connectivity index (χ1v) is 13.4. The molecule has 0 saturated heterocycles. The highest BCUT2D eigenvalue weighted by Crippen LogP contribution is 2.76. The Balaban J connectivity index is 1.57. The molecule has 0 aromatic heterocycles. The summed E-state index contributed by atoms with van der Waals surface area (Å²) in [6, 6.07) is 0. The van der Waals surface area contributed by atoms with Crippen molar-refractivity contribution in [3.05, 3.63) is 11.6 Å². The Labute approximate surface area is 192 Å². The average molecular weight is 425 g/mol. The van der Waals surface area contributed by atoms with Crippen LogP contribution in [0.15, 0.2) is 11.6 Å². The molecule has 0 amide bonds. The molecule has 4 fully saturated rings. The molecular weight excluding hydrogens is 376 g/mol. The fraction of sp³-hybridized carbons (Fsp3) is 0.900. The molecular formula is C30H48O. The number of allylic oxidation sites excluding steroid dienone is 2. The third kappa shape index (κ3) is 2.70. The van der Waals surface area contributed by atoms with Gasteiger partial charge in [0.15, 0.2) is 0 Å². The number of carbonyl (C=O) groups excluding carboxylic acids is 1. The third-order valence-corrected chi connectivity index (χ3v) is 12.8. The van der Waals surface area contributed by atoms with Crippen molar-refractivity contribution in [3.8, 4) is 0 Å². The Kier molecular flexibility index (Phi) is 4.51. The van der Waals surface area contributed by atoms with Crippen molar-refractivity contribution in [2.45, 2.75) is 120 Å². The first kappa shape index (κ1) is 22.2. The fourth-order valence-electron chi connectivity index (χ4n) is 10.3. The summed E-state index contributed by atoms with van der Waals surface area (Å²) < 4.78 is 0. The molecule has 174 valence electrons. The lowest BCUT2D eigenvalue weighted by Crippen LogP contribution is -2.65. The minimum Gasteiger partial charge on any atom is -0.299 e. The number of rotatable bonds is 0. The zero-order chi connectivity index (χ0) is 22.7. The van der Waals surface area contributed by atoms with E-state index < -0.39 is 0 Å². The van der Waals surface area contributed by atoms with Crippen LogP contribution in [0, 0.1) is 50.2 Å². The maximum atomic E-state index is 12.8. The van der Waals surface area contributed by atoms with E-state index in [1.807, 2.05) is 0 Å². The predicted molar refractivity (Wildman–Crippen MR) is 130 cm³/mol. The topological polar surface area (TPSA) is 17.1 Å². The number of hydrogen-bond donors (Lipinski definition) is 0. The van der Waals surface area contributed by atoms with Gasteiger partial charge < -0.3 is 0 Å². The molecule has 0 aliphatic heterocycles. The average Bonchev–Trinajstić information content (AvgIpc) is 2.68. The summed E-state index contributed by atoms with van der Waals surface area (Å²) in [6.07, 6.45) is 15.5. The lowest BCUT2D eigenvalue weighted by molar-refractivity contribution is -0.229. The van der Waals surface area contributed by atoms with Crippen LogP contribution in [-0.2, 0) is 4.79 Å². The second-order valence-corrected chi connectivity index (χ2v) is 15.0. The van der Waals surface area contributed by atoms with Crippen LogP contribution in [0.1, 0.15) is 120 Å². The van der Waals surface area contributed by atoms with E-state index in [-0.39, 0.29) is 5.41 Å². The maximum absolute atomic E-state index is 12.8. The van der Waals surface area contributed by atoms with Crippen LogP contribution in [0.3, 0.4) is 0 Å². The molecule has 4 saturated carbocycles. The molecule has 0 radical (unpaired) electrons. The van der Waals surface area contributed by atoms with Gasteiger partial charge in [0, 0.05) is 11.8 Å². The smallest absolute Gasteiger partial charge is 0.142 e. The van der Waals surface area contributed by atoms with E-state index in [1.54, 1.807) is 0 Å². The fourth-order valence-corrected chi connectivity index (χ4v) is 10.3. The zero-order valence-corrected chi connectivity index (χ0v) is 21.8. The lowest BCUT2D eigenvalue weighted by Gasteiger charge is -2.73. The Hall–Kier alpha value is -0.590. The second-order valence-electron chi connectivity index (χ2n) is 15.0. The molecule has 1 heteroatoms. The van der Waals surface area contributed by atoms with Gasteiger partial charge in [0.2, 0.25) is 0 Å². The Morgan fingerprint density at radius 1 is 0.774 bits per heavy atom. The Morgan fingerprint density at radius 3 is 2.10 bits per heavy atom. The third-order valence-electron chi connectivity index (χ3n) is 12.8. The molecule has 0 unspecified atom stereocenters. The quantitative estimate of drug-likeness (QED) is 0.357. The van der Waals surface area contributed by atoms with Crippen molar-refractivity contribution < 1.29 is 4.79 Å². The summed E-state index contributed by atoms with van der Waals surface area (Å²) in [5.74, 6) is 2.73. The lowest BCUT2D eigenvalue weighted by atomic mass is 9.31. The summed E-state index contributed by atoms with van der Waals surface area (Å²) in [6.45, 7) is 20.2. The van der Waals surface area contributed by atoms with Crippen LogP contribution in [0.4, 0.5) is 0 Å². The molecule has 5 aliphatic rings. The van der Waals surface area contributed by atoms with E-state index in [1.165, 1.54) is 56.9 Å². The van der Waals surface area contributed by atoms with Crippen LogP contribution in [-0.4, -0.2) is 5.78 Å². The monoisotopic (exact) mass is 424 g/mol. The first-order valence-electron chi connectivity index (χ1n) is 13.4. The highest BCUT2D eigenvalue weighted by molar-refractivity contribution is 5.88. The van der Waals surface area contributed by atoms with E-state index in [0.717, 1.165) is 24.7 Å². The van der Waals surface area contributed by atoms with E-state index in [9.17, 15) is 4.79 Å². The predicted octanol–water partition coefficient (Wildman–Crippen LogP) is 8.38. The number of carbonyl (C=O) groups is 1. The SMILES string of the molecule is CC1(C)CC[C@]2(C)CC[C@]3(C)[C@@H]4CC=C5[C@H](CCC(=O)C5(C)C)[C@]4(C)CC[C@@]3(C)[C@@H]2C1. The molecule has 5 aliphatic carbocycles. The molecule has 0 aromatic rings. The number of Topliss-reactive ketones (excluding diaryl/α,β-unsaturated/α-hetero) is 1. The minimum atomic E-state index is -0.239. The normalized spacial score (nSPS) is 52.8. The van der Waals surface area contributed by atoms with Crippen molar-refractivity contribution >= 4 is 5.78 Å². The van der Waals surface area contributed by atoms with Crippen LogP contribution < -0.4 is 0 Å². The van der Waals surface area contributed by atoms with Gasteiger partial charge in [-0.15, -0.1) is 0 Å². The van der Waals surface area contributed by atoms with E-state index in [0.29, 0.717) is 38.8 Å². The van der Waals surface area contributed by atoms with Crippen molar-refractivity contribution in [1.29, 1.82) is 0 Å². The van der Waals surface area contributed by atoms with Crippen molar-refractivity contribution in [2.75, 3.05) is 0 Å². The molecule has 0 spiro atoms. The molecule has 5 rings (SSSR count). The van der Waals surface area contributed by atoms with Gasteiger partial charge in [-0.1, -0.05) is 53.2 Å². The van der Waals surface area contributed by atoms with Gasteiger partial charge in [-0.2, -0.15) is 0 Å². The van der Waals surface area contributed by atoms with E-state index >= 15 is 0 Å². The van der Waals surface area contributed by atoms with Gasteiger partial charge in [-0.25, -0.2) is 0 Å². The van der Waals surface area contributed by atoms with Gasteiger partial charge in [0.05, 0.1) is 0 Å². The Morgan fingerprint density at radius 2 is 1.39 bits per heavy atom. The number of hydrogen-bond acceptors (Lipinski definition) is 1. The van der Waals surface area contributed by atoms with Crippen molar-refractivity contribution in [2.24, 2.45) is 50.2 Å². The Bertz CT molecular complexity index is 831. The van der Waals surface area contributed by atoms with Crippen LogP contribution >= 0.6 is 0 Å². The van der Waals surface area contributed by atoms with Crippen molar-refractivity contribution in [3.63, 3.8) is 0 Å². The van der Waals surface area contributed by atoms with Gasteiger partial charge >= 0.3 is 0 Å². The van der Waals surface area contributed by atoms with E-state index in [2.05, 4.69) is 61.5 Å². The minimum absolute atomic E-state index is 0.239. The van der Waals surface area contributed by atoms with Gasteiger partial charge in [0.1, 0.15) is 5.78 Å². The highest BCUT2D eigenvalue weighted by Gasteiger charge is 2.69. The second kappa shape index (κ2) is 6.29. The standard InChI is InChI=1S/C30H48O/c1-25(2)13-14-27(5)15-17-29(7)22-11-9-20-21(10-12-24(31)26(20,3)4)28(22,6)16-18-30(29,8)23(27)19-25/h9,21-23H,10-19H2,1-8H3/t21-,22+,23+,27+,28-,29+,30-/m0/s1. The summed E-state index contributed by atoms with van der Waals surface area (Å²) in [5.41, 5.74) is 3.56. The molecule has 31 heavy (non-hydrogen) atoms. The highest BCUT2D eigenvalue weighted by atomic mass is 16.1. The first-order chi connectivity index (χ1) is 14.2. The summed E-state index contributed by atoms with van der Waals surface area (Å²) in [5, 5.41) is 0. The summed E-state index contributed by atoms with van der Waals surface area (Å²) >= 11 is 0. The molecule has 7 atom stereocenters. The van der Waals surface area contributed by atoms with Crippen LogP contribution in [0.25, 0.3) is 0 Å². The van der Waals surface area contributed by atoms with Crippen molar-refractivity contribution in [1.82, 2.24) is 0 Å². The summed E-state index contributed by atoms with van der Waals surface area (Å²) in [4.78, 5) is 12.8. The maximum Gasteiger partial charge on any atom is 0.142 e. The van der Waals surface area contributed by atoms with Gasteiger partial charge in [-0.3, -0.25) is 4.79 Å². The molecule has 0 heterocycles. The largest absolute Gasteiger partial charge is 0.299 e. The number of fused-ring (bicyclic) bond motifs is 7. The molecule has 1 nitrogen and oxygen atoms in total.